The summed E-state index contributed by atoms with van der Waals surface area (Å²) in [6, 6.07) is 17.1. The summed E-state index contributed by atoms with van der Waals surface area (Å²) in [4.78, 5) is 32.4. The Morgan fingerprint density at radius 3 is 2.18 bits per heavy atom. The lowest BCUT2D eigenvalue weighted by atomic mass is 9.96. The summed E-state index contributed by atoms with van der Waals surface area (Å²) in [6.45, 7) is 14.2. The van der Waals surface area contributed by atoms with E-state index in [-0.39, 0.29) is 22.8 Å². The van der Waals surface area contributed by atoms with E-state index in [2.05, 4.69) is 43.5 Å². The van der Waals surface area contributed by atoms with Gasteiger partial charge in [-0.2, -0.15) is 0 Å². The predicted octanol–water partition coefficient (Wildman–Crippen LogP) is 10.4. The van der Waals surface area contributed by atoms with Gasteiger partial charge in [-0.1, -0.05) is 64.1 Å². The Hall–Kier alpha value is -4.44. The zero-order valence-electron chi connectivity index (χ0n) is 30.9. The van der Waals surface area contributed by atoms with Crippen LogP contribution in [0.25, 0.3) is 21.8 Å². The number of carbonyl (C=O) groups is 1. The van der Waals surface area contributed by atoms with Crippen LogP contribution in [0.1, 0.15) is 109 Å². The first-order valence-corrected chi connectivity index (χ1v) is 18.2. The molecule has 10 nitrogen and oxygen atoms in total. The second-order valence-corrected chi connectivity index (χ2v) is 13.3. The molecule has 0 N–H and O–H groups in total. The van der Waals surface area contributed by atoms with Gasteiger partial charge in [0.25, 0.3) is 5.69 Å². The molecule has 0 aliphatic carbocycles. The molecule has 0 aliphatic heterocycles. The maximum atomic E-state index is 13.4. The number of nitro benzene ring substituents is 1. The largest absolute Gasteiger partial charge is 0.488 e. The molecule has 1 amide bonds. The minimum absolute atomic E-state index is 0.0387. The number of nitrogens with zero attached hydrogens (tertiary/aromatic N) is 4. The summed E-state index contributed by atoms with van der Waals surface area (Å²) in [5.74, 6) is 0.695. The van der Waals surface area contributed by atoms with E-state index in [9.17, 15) is 14.9 Å². The van der Waals surface area contributed by atoms with Crippen molar-refractivity contribution in [3.8, 4) is 5.75 Å². The third-order valence-corrected chi connectivity index (χ3v) is 9.16. The Balaban J connectivity index is 1.87. The molecule has 50 heavy (non-hydrogen) atoms. The summed E-state index contributed by atoms with van der Waals surface area (Å²) in [7, 11) is 1.64. The van der Waals surface area contributed by atoms with E-state index >= 15 is 0 Å². The minimum Gasteiger partial charge on any atom is -0.488 e. The predicted molar refractivity (Wildman–Crippen MR) is 202 cm³/mol. The van der Waals surface area contributed by atoms with Crippen molar-refractivity contribution in [2.24, 2.45) is 5.16 Å². The van der Waals surface area contributed by atoms with E-state index in [0.29, 0.717) is 31.2 Å². The second-order valence-electron chi connectivity index (χ2n) is 13.3. The number of rotatable bonds is 19. The lowest BCUT2D eigenvalue weighted by Crippen LogP contribution is -2.32. The smallest absolute Gasteiger partial charge is 0.435 e. The number of oxime groups is 1. The van der Waals surface area contributed by atoms with Gasteiger partial charge in [-0.25, -0.2) is 4.79 Å². The molecule has 2 unspecified atom stereocenters. The summed E-state index contributed by atoms with van der Waals surface area (Å²) < 4.78 is 13.6. The molecular formula is C40H54N4O6. The van der Waals surface area contributed by atoms with E-state index in [4.69, 9.17) is 14.3 Å². The van der Waals surface area contributed by atoms with Gasteiger partial charge in [0.2, 0.25) is 0 Å². The molecule has 3 aromatic carbocycles. The molecule has 4 rings (SSSR count). The molecule has 0 bridgehead atoms. The number of unbranched alkanes of at least 4 members (excludes halogenated alkanes) is 4. The Morgan fingerprint density at radius 1 is 0.900 bits per heavy atom. The number of benzene rings is 3. The Kier molecular flexibility index (Phi) is 14.2. The summed E-state index contributed by atoms with van der Waals surface area (Å²) in [5, 5.41) is 18.1. The Morgan fingerprint density at radius 2 is 1.56 bits per heavy atom. The van der Waals surface area contributed by atoms with Gasteiger partial charge < -0.3 is 18.9 Å². The topological polar surface area (TPSA) is 108 Å². The lowest BCUT2D eigenvalue weighted by Gasteiger charge is -2.20. The summed E-state index contributed by atoms with van der Waals surface area (Å²) in [6.07, 6.45) is 7.44. The van der Waals surface area contributed by atoms with Gasteiger partial charge in [0.15, 0.2) is 0 Å². The Labute approximate surface area is 296 Å². The highest BCUT2D eigenvalue weighted by molar-refractivity contribution is 6.17. The fourth-order valence-electron chi connectivity index (χ4n) is 6.46. The van der Waals surface area contributed by atoms with Gasteiger partial charge in [-0.15, -0.1) is 0 Å². The highest BCUT2D eigenvalue weighted by Crippen LogP contribution is 2.36. The lowest BCUT2D eigenvalue weighted by molar-refractivity contribution is -0.384. The molecular weight excluding hydrogens is 632 g/mol. The number of methoxy groups -OCH3 is 1. The van der Waals surface area contributed by atoms with Gasteiger partial charge in [-0.05, 0) is 82.0 Å². The van der Waals surface area contributed by atoms with Crippen LogP contribution in [0.3, 0.4) is 0 Å². The number of hydrogen-bond donors (Lipinski definition) is 0. The van der Waals surface area contributed by atoms with E-state index in [1.54, 1.807) is 24.1 Å². The van der Waals surface area contributed by atoms with Crippen LogP contribution >= 0.6 is 0 Å². The van der Waals surface area contributed by atoms with Gasteiger partial charge in [0.05, 0.1) is 11.5 Å². The molecule has 4 aromatic rings. The van der Waals surface area contributed by atoms with E-state index in [0.717, 1.165) is 89.9 Å². The first kappa shape index (κ1) is 38.4. The highest BCUT2D eigenvalue weighted by Gasteiger charge is 2.22. The van der Waals surface area contributed by atoms with Crippen molar-refractivity contribution < 1.29 is 24.0 Å². The molecule has 0 saturated carbocycles. The molecule has 0 radical (unpaired) electrons. The van der Waals surface area contributed by atoms with Gasteiger partial charge in [0, 0.05) is 71.3 Å². The number of ether oxygens (including phenoxy) is 2. The zero-order valence-corrected chi connectivity index (χ0v) is 30.9. The fraction of sp³-hybridized carbons (Fsp3) is 0.500. The van der Waals surface area contributed by atoms with Crippen LogP contribution in [0.4, 0.5) is 10.5 Å². The van der Waals surface area contributed by atoms with Crippen LogP contribution in [-0.2, 0) is 9.57 Å². The number of nitro groups is 1. The molecule has 270 valence electrons. The summed E-state index contributed by atoms with van der Waals surface area (Å²) in [5.41, 5.74) is 4.86. The van der Waals surface area contributed by atoms with Gasteiger partial charge >= 0.3 is 6.09 Å². The van der Waals surface area contributed by atoms with Crippen LogP contribution in [0.5, 0.6) is 5.75 Å². The van der Waals surface area contributed by atoms with Crippen molar-refractivity contribution in [3.05, 3.63) is 81.4 Å². The highest BCUT2D eigenvalue weighted by atomic mass is 16.7. The molecule has 10 heteroatoms. The molecule has 0 spiro atoms. The van der Waals surface area contributed by atoms with Crippen LogP contribution < -0.4 is 4.74 Å². The molecule has 0 aliphatic rings. The van der Waals surface area contributed by atoms with Crippen molar-refractivity contribution >= 4 is 39.3 Å². The van der Waals surface area contributed by atoms with Crippen molar-refractivity contribution in [2.75, 3.05) is 26.8 Å². The number of non-ortho nitro benzene ring substituents is 1. The fourth-order valence-corrected chi connectivity index (χ4v) is 6.46. The number of hydrogen-bond acceptors (Lipinski definition) is 7. The average Bonchev–Trinajstić information content (AvgIpc) is 3.42. The molecule has 0 saturated heterocycles. The monoisotopic (exact) mass is 686 g/mol. The average molecular weight is 687 g/mol. The molecule has 2 atom stereocenters. The minimum atomic E-state index is -0.482. The van der Waals surface area contributed by atoms with Crippen molar-refractivity contribution in [2.45, 2.75) is 105 Å². The first-order valence-electron chi connectivity index (χ1n) is 18.2. The van der Waals surface area contributed by atoms with Crippen LogP contribution in [0.15, 0.2) is 59.8 Å². The van der Waals surface area contributed by atoms with E-state index in [1.165, 1.54) is 0 Å². The zero-order chi connectivity index (χ0) is 36.2. The van der Waals surface area contributed by atoms with Crippen LogP contribution in [-0.4, -0.2) is 59.1 Å². The number of aryl methyl sites for hydroxylation is 1. The van der Waals surface area contributed by atoms with Gasteiger partial charge in [-0.3, -0.25) is 15.0 Å². The first-order chi connectivity index (χ1) is 24.1. The second kappa shape index (κ2) is 18.5. The normalized spacial score (nSPS) is 13.1. The quantitative estimate of drug-likeness (QED) is 0.0319. The summed E-state index contributed by atoms with van der Waals surface area (Å²) >= 11 is 0. The van der Waals surface area contributed by atoms with Gasteiger partial charge in [0.1, 0.15) is 17.6 Å². The van der Waals surface area contributed by atoms with E-state index in [1.807, 2.05) is 50.2 Å². The number of aromatic nitrogens is 1. The Bertz CT molecular complexity index is 1770. The van der Waals surface area contributed by atoms with Crippen LogP contribution in [0, 0.1) is 17.0 Å². The molecule has 1 heterocycles. The third-order valence-electron chi connectivity index (χ3n) is 9.16. The standard InChI is InChI=1S/C40H54N4O6/c1-8-11-14-15-29(5)43-37-20-16-31(25-35(37)36-26-32(44(46)47)17-21-38(36)43)39(41-50-40(45)42(22-12-9-2)23-13-10-3)34-19-18-33(24-28(34)4)49-30(6)27-48-7/h16-21,24-26,29-30H,8-15,22-23,27H2,1-7H3/b41-39-. The number of fused-ring (bicyclic) bond motifs is 3. The maximum absolute atomic E-state index is 13.4. The third kappa shape index (κ3) is 9.41. The molecule has 1 aromatic heterocycles. The SMILES string of the molecule is CCCCCC(C)n1c2ccc(/C(=N/OC(=O)N(CCCC)CCCC)c3ccc(OC(C)COC)cc3C)cc2c2cc([N+](=O)[O-])ccc21. The van der Waals surface area contributed by atoms with Crippen molar-refractivity contribution in [3.63, 3.8) is 0 Å². The number of carbonyl (C=O) groups excluding carboxylic acids is 1. The molecule has 0 fully saturated rings. The van der Waals surface area contributed by atoms with E-state index < -0.39 is 6.09 Å². The van der Waals surface area contributed by atoms with Crippen molar-refractivity contribution in [1.29, 1.82) is 0 Å². The number of amides is 1. The van der Waals surface area contributed by atoms with Crippen LogP contribution in [0.2, 0.25) is 0 Å². The maximum Gasteiger partial charge on any atom is 0.435 e. The van der Waals surface area contributed by atoms with Crippen molar-refractivity contribution in [1.82, 2.24) is 9.47 Å².